The molecular formula is C17H18ClN. The van der Waals surface area contributed by atoms with Crippen LogP contribution in [0, 0.1) is 0 Å². The number of benzene rings is 2. The fourth-order valence-corrected chi connectivity index (χ4v) is 2.43. The van der Waals surface area contributed by atoms with Gasteiger partial charge < -0.3 is 0 Å². The van der Waals surface area contributed by atoms with E-state index < -0.39 is 0 Å². The molecule has 0 fully saturated rings. The van der Waals surface area contributed by atoms with Gasteiger partial charge in [-0.1, -0.05) is 66.7 Å². The van der Waals surface area contributed by atoms with Gasteiger partial charge in [-0.15, -0.1) is 12.4 Å². The van der Waals surface area contributed by atoms with E-state index in [0.29, 0.717) is 0 Å². The molecule has 2 aromatic rings. The predicted molar refractivity (Wildman–Crippen MR) is 83.4 cm³/mol. The Morgan fingerprint density at radius 3 is 2.16 bits per heavy atom. The third-order valence-electron chi connectivity index (χ3n) is 3.38. The molecular weight excluding hydrogens is 254 g/mol. The summed E-state index contributed by atoms with van der Waals surface area (Å²) < 4.78 is 0. The maximum Gasteiger partial charge on any atom is 0.0243 e. The van der Waals surface area contributed by atoms with Crippen LogP contribution >= 0.6 is 12.4 Å². The van der Waals surface area contributed by atoms with Gasteiger partial charge in [0.05, 0.1) is 0 Å². The van der Waals surface area contributed by atoms with E-state index in [4.69, 9.17) is 0 Å². The van der Waals surface area contributed by atoms with E-state index in [2.05, 4.69) is 71.6 Å². The van der Waals surface area contributed by atoms with Crippen molar-refractivity contribution < 1.29 is 0 Å². The van der Waals surface area contributed by atoms with Gasteiger partial charge in [0.25, 0.3) is 0 Å². The van der Waals surface area contributed by atoms with Gasteiger partial charge in [-0.2, -0.15) is 0 Å². The number of nitrogens with zero attached hydrogens (tertiary/aromatic N) is 1. The van der Waals surface area contributed by atoms with Crippen LogP contribution in [0.1, 0.15) is 11.1 Å². The Hall–Kier alpha value is -1.57. The number of halogens is 1. The SMILES string of the molecule is C1=C(c2ccccc2)CN(Cc2ccccc2)C1.Cl. The van der Waals surface area contributed by atoms with Crippen LogP contribution in [0.4, 0.5) is 0 Å². The summed E-state index contributed by atoms with van der Waals surface area (Å²) >= 11 is 0. The first-order chi connectivity index (χ1) is 8.92. The number of hydrogen-bond acceptors (Lipinski definition) is 1. The van der Waals surface area contributed by atoms with Crippen LogP contribution in [-0.4, -0.2) is 18.0 Å². The molecule has 0 radical (unpaired) electrons. The highest BCUT2D eigenvalue weighted by molar-refractivity contribution is 5.85. The summed E-state index contributed by atoms with van der Waals surface area (Å²) in [5.41, 5.74) is 4.19. The second kappa shape index (κ2) is 6.55. The van der Waals surface area contributed by atoms with Crippen molar-refractivity contribution in [3.63, 3.8) is 0 Å². The van der Waals surface area contributed by atoms with E-state index in [0.717, 1.165) is 19.6 Å². The van der Waals surface area contributed by atoms with Crippen LogP contribution in [0.3, 0.4) is 0 Å². The maximum absolute atomic E-state index is 2.47. The van der Waals surface area contributed by atoms with Gasteiger partial charge >= 0.3 is 0 Å². The number of hydrogen-bond donors (Lipinski definition) is 0. The molecule has 0 saturated carbocycles. The van der Waals surface area contributed by atoms with Crippen molar-refractivity contribution in [1.82, 2.24) is 4.90 Å². The quantitative estimate of drug-likeness (QED) is 0.815. The van der Waals surface area contributed by atoms with E-state index in [9.17, 15) is 0 Å². The molecule has 1 aliphatic heterocycles. The van der Waals surface area contributed by atoms with Gasteiger partial charge in [-0.25, -0.2) is 0 Å². The van der Waals surface area contributed by atoms with Gasteiger partial charge in [0.15, 0.2) is 0 Å². The highest BCUT2D eigenvalue weighted by atomic mass is 35.5. The molecule has 2 heteroatoms. The summed E-state index contributed by atoms with van der Waals surface area (Å²) in [6.45, 7) is 3.14. The monoisotopic (exact) mass is 271 g/mol. The molecule has 1 aliphatic rings. The lowest BCUT2D eigenvalue weighted by Crippen LogP contribution is -2.19. The van der Waals surface area contributed by atoms with E-state index in [1.165, 1.54) is 16.7 Å². The summed E-state index contributed by atoms with van der Waals surface area (Å²) in [6, 6.07) is 21.3. The molecule has 0 amide bonds. The van der Waals surface area contributed by atoms with Crippen molar-refractivity contribution in [2.75, 3.05) is 13.1 Å². The molecule has 0 bridgehead atoms. The molecule has 0 spiro atoms. The van der Waals surface area contributed by atoms with Gasteiger partial charge in [0.1, 0.15) is 0 Å². The van der Waals surface area contributed by atoms with Crippen molar-refractivity contribution in [3.8, 4) is 0 Å². The molecule has 1 heterocycles. The van der Waals surface area contributed by atoms with E-state index in [1.54, 1.807) is 0 Å². The summed E-state index contributed by atoms with van der Waals surface area (Å²) in [5, 5.41) is 0. The van der Waals surface area contributed by atoms with Gasteiger partial charge in [-0.05, 0) is 16.7 Å². The fourth-order valence-electron chi connectivity index (χ4n) is 2.43. The van der Waals surface area contributed by atoms with Gasteiger partial charge in [0.2, 0.25) is 0 Å². The van der Waals surface area contributed by atoms with Gasteiger partial charge in [-0.3, -0.25) is 4.90 Å². The average Bonchev–Trinajstić information content (AvgIpc) is 2.89. The lowest BCUT2D eigenvalue weighted by atomic mass is 10.1. The predicted octanol–water partition coefficient (Wildman–Crippen LogP) is 4.01. The normalized spacial score (nSPS) is 14.8. The molecule has 19 heavy (non-hydrogen) atoms. The van der Waals surface area contributed by atoms with Crippen LogP contribution in [0.2, 0.25) is 0 Å². The summed E-state index contributed by atoms with van der Waals surface area (Å²) in [7, 11) is 0. The lowest BCUT2D eigenvalue weighted by Gasteiger charge is -2.16. The molecule has 0 saturated heterocycles. The molecule has 0 aliphatic carbocycles. The van der Waals surface area contributed by atoms with Crippen LogP contribution in [-0.2, 0) is 6.54 Å². The van der Waals surface area contributed by atoms with Crippen molar-refractivity contribution in [3.05, 3.63) is 77.9 Å². The Morgan fingerprint density at radius 1 is 0.842 bits per heavy atom. The molecule has 0 aromatic heterocycles. The van der Waals surface area contributed by atoms with Crippen molar-refractivity contribution >= 4 is 18.0 Å². The molecule has 3 rings (SSSR count). The van der Waals surface area contributed by atoms with Crippen LogP contribution in [0.25, 0.3) is 5.57 Å². The molecule has 0 atom stereocenters. The Morgan fingerprint density at radius 2 is 1.47 bits per heavy atom. The van der Waals surface area contributed by atoms with E-state index >= 15 is 0 Å². The van der Waals surface area contributed by atoms with Crippen LogP contribution < -0.4 is 0 Å². The molecule has 1 nitrogen and oxygen atoms in total. The Kier molecular flexibility index (Phi) is 4.78. The topological polar surface area (TPSA) is 3.24 Å². The van der Waals surface area contributed by atoms with Gasteiger partial charge in [0, 0.05) is 19.6 Å². The third kappa shape index (κ3) is 3.46. The van der Waals surface area contributed by atoms with Crippen molar-refractivity contribution in [2.45, 2.75) is 6.54 Å². The standard InChI is InChI=1S/C17H17N.ClH/c1-3-7-15(8-4-1)13-18-12-11-17(14-18)16-9-5-2-6-10-16;/h1-11H,12-14H2;1H. The zero-order valence-corrected chi connectivity index (χ0v) is 11.6. The molecule has 2 aromatic carbocycles. The first-order valence-electron chi connectivity index (χ1n) is 6.42. The van der Waals surface area contributed by atoms with E-state index in [1.807, 2.05) is 0 Å². The summed E-state index contributed by atoms with van der Waals surface area (Å²) in [4.78, 5) is 2.47. The average molecular weight is 272 g/mol. The summed E-state index contributed by atoms with van der Waals surface area (Å²) in [5.74, 6) is 0. The highest BCUT2D eigenvalue weighted by Crippen LogP contribution is 2.21. The Bertz CT molecular complexity index is 534. The lowest BCUT2D eigenvalue weighted by molar-refractivity contribution is 0.348. The minimum absolute atomic E-state index is 0. The molecule has 98 valence electrons. The highest BCUT2D eigenvalue weighted by Gasteiger charge is 2.14. The maximum atomic E-state index is 2.47. The second-order valence-corrected chi connectivity index (χ2v) is 4.75. The van der Waals surface area contributed by atoms with Crippen molar-refractivity contribution in [1.29, 1.82) is 0 Å². The smallest absolute Gasteiger partial charge is 0.0243 e. The first kappa shape index (κ1) is 13.9. The molecule has 0 N–H and O–H groups in total. The number of rotatable bonds is 3. The largest absolute Gasteiger partial charge is 0.291 e. The van der Waals surface area contributed by atoms with Crippen LogP contribution in [0.15, 0.2) is 66.7 Å². The Labute approximate surface area is 121 Å². The second-order valence-electron chi connectivity index (χ2n) is 4.75. The molecule has 0 unspecified atom stereocenters. The van der Waals surface area contributed by atoms with Crippen LogP contribution in [0.5, 0.6) is 0 Å². The third-order valence-corrected chi connectivity index (χ3v) is 3.38. The zero-order chi connectivity index (χ0) is 12.2. The fraction of sp³-hybridized carbons (Fsp3) is 0.176. The van der Waals surface area contributed by atoms with Crippen molar-refractivity contribution in [2.24, 2.45) is 0 Å². The minimum Gasteiger partial charge on any atom is -0.291 e. The first-order valence-corrected chi connectivity index (χ1v) is 6.42. The Balaban J connectivity index is 0.00000133. The minimum atomic E-state index is 0. The van der Waals surface area contributed by atoms with E-state index in [-0.39, 0.29) is 12.4 Å². The zero-order valence-electron chi connectivity index (χ0n) is 10.8. The summed E-state index contributed by atoms with van der Waals surface area (Å²) in [6.07, 6.45) is 2.35.